The minimum Gasteiger partial charge on any atom is -0.399 e. The van der Waals surface area contributed by atoms with Crippen LogP contribution in [0.2, 0.25) is 0 Å². The number of hydrogen-bond acceptors (Lipinski definition) is 3. The van der Waals surface area contributed by atoms with Gasteiger partial charge in [-0.25, -0.2) is 0 Å². The Morgan fingerprint density at radius 3 is 2.71 bits per heavy atom. The summed E-state index contributed by atoms with van der Waals surface area (Å²) in [6.45, 7) is 4.28. The van der Waals surface area contributed by atoms with E-state index in [2.05, 4.69) is 4.98 Å². The summed E-state index contributed by atoms with van der Waals surface area (Å²) >= 11 is 0. The molecule has 0 aliphatic rings. The number of amides is 1. The van der Waals surface area contributed by atoms with Crippen molar-refractivity contribution in [1.29, 1.82) is 0 Å². The number of aromatic amines is 1. The number of aromatic nitrogens is 1. The van der Waals surface area contributed by atoms with Crippen LogP contribution in [0.3, 0.4) is 0 Å². The van der Waals surface area contributed by atoms with Gasteiger partial charge in [-0.1, -0.05) is 13.0 Å². The number of carbonyl (C=O) groups excluding carboxylic acids is 1. The number of carbonyl (C=O) groups is 1. The van der Waals surface area contributed by atoms with Crippen LogP contribution in [0.4, 0.5) is 11.4 Å². The van der Waals surface area contributed by atoms with E-state index in [0.717, 1.165) is 12.1 Å². The van der Waals surface area contributed by atoms with Gasteiger partial charge in [-0.05, 0) is 31.5 Å². The van der Waals surface area contributed by atoms with Gasteiger partial charge < -0.3 is 15.6 Å². The highest BCUT2D eigenvalue weighted by molar-refractivity contribution is 6.06. The predicted molar refractivity (Wildman–Crippen MR) is 84.6 cm³/mol. The van der Waals surface area contributed by atoms with Gasteiger partial charge in [-0.15, -0.1) is 0 Å². The van der Waals surface area contributed by atoms with Gasteiger partial charge in [-0.2, -0.15) is 0 Å². The number of nitrogens with two attached hydrogens (primary N) is 1. The average Bonchev–Trinajstić information content (AvgIpc) is 2.44. The molecule has 110 valence electrons. The Hall–Kier alpha value is -2.56. The highest BCUT2D eigenvalue weighted by Gasteiger charge is 2.19. The van der Waals surface area contributed by atoms with Crippen LogP contribution < -0.4 is 16.1 Å². The van der Waals surface area contributed by atoms with Crippen molar-refractivity contribution in [2.75, 3.05) is 17.2 Å². The normalized spacial score (nSPS) is 10.4. The number of nitrogen functional groups attached to an aromatic ring is 1. The molecule has 0 fully saturated rings. The maximum absolute atomic E-state index is 12.6. The maximum Gasteiger partial charge on any atom is 0.263 e. The molecule has 0 saturated carbocycles. The van der Waals surface area contributed by atoms with Crippen molar-refractivity contribution in [2.24, 2.45) is 0 Å². The minimum atomic E-state index is -0.316. The van der Waals surface area contributed by atoms with E-state index < -0.39 is 0 Å². The molecule has 1 amide bonds. The second kappa shape index (κ2) is 6.26. The van der Waals surface area contributed by atoms with Crippen LogP contribution in [0.1, 0.15) is 29.4 Å². The molecule has 3 N–H and O–H groups in total. The van der Waals surface area contributed by atoms with E-state index in [1.54, 1.807) is 30.0 Å². The molecule has 0 atom stereocenters. The Bertz CT molecular complexity index is 707. The number of aryl methyl sites for hydroxylation is 1. The lowest BCUT2D eigenvalue weighted by molar-refractivity contribution is 0.0985. The predicted octanol–water partition coefficient (Wildman–Crippen LogP) is 2.32. The van der Waals surface area contributed by atoms with Gasteiger partial charge in [0, 0.05) is 35.9 Å². The van der Waals surface area contributed by atoms with Crippen LogP contribution >= 0.6 is 0 Å². The first-order valence-corrected chi connectivity index (χ1v) is 6.89. The number of hydrogen-bond donors (Lipinski definition) is 2. The van der Waals surface area contributed by atoms with Crippen molar-refractivity contribution >= 4 is 17.3 Å². The zero-order chi connectivity index (χ0) is 15.4. The molecule has 1 aromatic carbocycles. The summed E-state index contributed by atoms with van der Waals surface area (Å²) in [5.74, 6) is -0.316. The Labute approximate surface area is 123 Å². The molecule has 0 aliphatic carbocycles. The molecular formula is C16H19N3O2. The standard InChI is InChI=1S/C16H19N3O2/c1-3-7-19(13-6-4-5-12(17)9-13)16(21)14-10-18-11(2)8-15(14)20/h4-6,8-10H,3,7,17H2,1-2H3,(H,18,20). The van der Waals surface area contributed by atoms with E-state index >= 15 is 0 Å². The molecule has 0 aliphatic heterocycles. The van der Waals surface area contributed by atoms with Crippen molar-refractivity contribution in [2.45, 2.75) is 20.3 Å². The fourth-order valence-electron chi connectivity index (χ4n) is 2.15. The van der Waals surface area contributed by atoms with Gasteiger partial charge in [-0.3, -0.25) is 9.59 Å². The first-order chi connectivity index (χ1) is 10.0. The van der Waals surface area contributed by atoms with E-state index in [9.17, 15) is 9.59 Å². The second-order valence-electron chi connectivity index (χ2n) is 4.95. The van der Waals surface area contributed by atoms with Gasteiger partial charge in [0.1, 0.15) is 5.56 Å². The topological polar surface area (TPSA) is 79.2 Å². The van der Waals surface area contributed by atoms with Crippen LogP contribution in [0.15, 0.2) is 41.3 Å². The third kappa shape index (κ3) is 3.31. The Morgan fingerprint density at radius 1 is 1.33 bits per heavy atom. The molecule has 5 nitrogen and oxygen atoms in total. The fraction of sp³-hybridized carbons (Fsp3) is 0.250. The van der Waals surface area contributed by atoms with Crippen LogP contribution in [0.5, 0.6) is 0 Å². The highest BCUT2D eigenvalue weighted by atomic mass is 16.2. The highest BCUT2D eigenvalue weighted by Crippen LogP contribution is 2.19. The van der Waals surface area contributed by atoms with Gasteiger partial charge in [0.2, 0.25) is 0 Å². The molecule has 21 heavy (non-hydrogen) atoms. The number of nitrogens with zero attached hydrogens (tertiary/aromatic N) is 1. The van der Waals surface area contributed by atoms with Gasteiger partial charge in [0.05, 0.1) is 0 Å². The van der Waals surface area contributed by atoms with Crippen LogP contribution in [0, 0.1) is 6.92 Å². The van der Waals surface area contributed by atoms with E-state index in [1.807, 2.05) is 13.0 Å². The summed E-state index contributed by atoms with van der Waals surface area (Å²) in [6.07, 6.45) is 2.25. The molecule has 0 bridgehead atoms. The molecule has 0 unspecified atom stereocenters. The molecule has 0 spiro atoms. The van der Waals surface area contributed by atoms with Crippen LogP contribution in [0.25, 0.3) is 0 Å². The van der Waals surface area contributed by atoms with E-state index in [1.165, 1.54) is 12.3 Å². The van der Waals surface area contributed by atoms with Crippen molar-refractivity contribution in [3.05, 3.63) is 58.0 Å². The van der Waals surface area contributed by atoms with E-state index in [0.29, 0.717) is 17.9 Å². The lowest BCUT2D eigenvalue weighted by Gasteiger charge is -2.22. The molecule has 0 saturated heterocycles. The Balaban J connectivity index is 2.42. The minimum absolute atomic E-state index is 0.136. The van der Waals surface area contributed by atoms with E-state index in [4.69, 9.17) is 5.73 Å². The number of rotatable bonds is 4. The molecule has 1 heterocycles. The van der Waals surface area contributed by atoms with Crippen molar-refractivity contribution in [3.63, 3.8) is 0 Å². The average molecular weight is 285 g/mol. The quantitative estimate of drug-likeness (QED) is 0.846. The SMILES string of the molecule is CCCN(C(=O)c1c[nH]c(C)cc1=O)c1cccc(N)c1. The third-order valence-corrected chi connectivity index (χ3v) is 3.16. The molecular weight excluding hydrogens is 266 g/mol. The van der Waals surface area contributed by atoms with Crippen molar-refractivity contribution < 1.29 is 4.79 Å². The van der Waals surface area contributed by atoms with Gasteiger partial charge in [0.15, 0.2) is 5.43 Å². The van der Waals surface area contributed by atoms with Crippen molar-refractivity contribution in [3.8, 4) is 0 Å². The molecule has 5 heteroatoms. The number of nitrogens with one attached hydrogen (secondary N) is 1. The zero-order valence-electron chi connectivity index (χ0n) is 12.2. The lowest BCUT2D eigenvalue weighted by atomic mass is 10.2. The smallest absolute Gasteiger partial charge is 0.263 e. The van der Waals surface area contributed by atoms with Crippen LogP contribution in [-0.4, -0.2) is 17.4 Å². The number of benzene rings is 1. The molecule has 0 radical (unpaired) electrons. The number of pyridine rings is 1. The summed E-state index contributed by atoms with van der Waals surface area (Å²) in [7, 11) is 0. The summed E-state index contributed by atoms with van der Waals surface area (Å²) in [4.78, 5) is 29.1. The molecule has 1 aromatic heterocycles. The molecule has 2 aromatic rings. The van der Waals surface area contributed by atoms with Gasteiger partial charge in [0.25, 0.3) is 5.91 Å². The number of anilines is 2. The zero-order valence-corrected chi connectivity index (χ0v) is 12.2. The Morgan fingerprint density at radius 2 is 2.10 bits per heavy atom. The number of H-pyrrole nitrogens is 1. The summed E-state index contributed by atoms with van der Waals surface area (Å²) in [5.41, 5.74) is 7.64. The van der Waals surface area contributed by atoms with Gasteiger partial charge >= 0.3 is 0 Å². The lowest BCUT2D eigenvalue weighted by Crippen LogP contribution is -2.35. The molecule has 2 rings (SSSR count). The fourth-order valence-corrected chi connectivity index (χ4v) is 2.15. The maximum atomic E-state index is 12.6. The summed E-state index contributed by atoms with van der Waals surface area (Å²) in [5, 5.41) is 0. The van der Waals surface area contributed by atoms with E-state index in [-0.39, 0.29) is 16.9 Å². The third-order valence-electron chi connectivity index (χ3n) is 3.16. The first-order valence-electron chi connectivity index (χ1n) is 6.89. The Kier molecular flexibility index (Phi) is 4.42. The largest absolute Gasteiger partial charge is 0.399 e. The monoisotopic (exact) mass is 285 g/mol. The second-order valence-corrected chi connectivity index (χ2v) is 4.95. The van der Waals surface area contributed by atoms with Crippen LogP contribution in [-0.2, 0) is 0 Å². The summed E-state index contributed by atoms with van der Waals surface area (Å²) < 4.78 is 0. The summed E-state index contributed by atoms with van der Waals surface area (Å²) in [6, 6.07) is 8.52. The first kappa shape index (κ1) is 14.8. The van der Waals surface area contributed by atoms with Crippen molar-refractivity contribution in [1.82, 2.24) is 4.98 Å².